The Morgan fingerprint density at radius 2 is 1.78 bits per heavy atom. The molecule has 12 heteroatoms. The Labute approximate surface area is 234 Å². The minimum absolute atomic E-state index is 0.0714. The van der Waals surface area contributed by atoms with E-state index in [2.05, 4.69) is 10.6 Å². The molecule has 0 radical (unpaired) electrons. The molecule has 0 aromatic heterocycles. The van der Waals surface area contributed by atoms with Crippen molar-refractivity contribution in [2.75, 3.05) is 23.4 Å². The van der Waals surface area contributed by atoms with E-state index >= 15 is 0 Å². The number of benzene rings is 3. The van der Waals surface area contributed by atoms with E-state index in [1.54, 1.807) is 19.1 Å². The number of rotatable bonds is 9. The molecule has 1 fully saturated rings. The van der Waals surface area contributed by atoms with Gasteiger partial charge in [-0.05, 0) is 73.9 Å². The van der Waals surface area contributed by atoms with Crippen LogP contribution in [0.2, 0.25) is 0 Å². The van der Waals surface area contributed by atoms with Crippen LogP contribution in [-0.4, -0.2) is 41.9 Å². The molecular formula is C29H26N4O8. The number of carbonyl (C=O) groups is 4. The maximum atomic E-state index is 13.2. The standard InChI is InChI=1S/C29H26N4O8/c1-4-40-25-14-19(9-11-24(25)41-16-26(34)30-20-10-8-17(2)18(3)12-20)13-23-27(35)31-29(37)32(28(23)36)21-6-5-7-22(15-21)33(38)39/h5-15H,4,16H2,1-3H3,(H,30,34)(H,31,35,37)/b23-13-. The lowest BCUT2D eigenvalue weighted by Crippen LogP contribution is -2.54. The quantitative estimate of drug-likeness (QED) is 0.170. The van der Waals surface area contributed by atoms with Crippen LogP contribution in [0.15, 0.2) is 66.2 Å². The average Bonchev–Trinajstić information content (AvgIpc) is 2.93. The molecule has 0 bridgehead atoms. The smallest absolute Gasteiger partial charge is 0.335 e. The van der Waals surface area contributed by atoms with Crippen molar-refractivity contribution in [3.8, 4) is 11.5 Å². The number of barbiturate groups is 1. The predicted molar refractivity (Wildman–Crippen MR) is 150 cm³/mol. The van der Waals surface area contributed by atoms with Gasteiger partial charge in [0.1, 0.15) is 5.57 Å². The van der Waals surface area contributed by atoms with Crippen molar-refractivity contribution in [3.63, 3.8) is 0 Å². The maximum absolute atomic E-state index is 13.2. The Morgan fingerprint density at radius 1 is 1.00 bits per heavy atom. The fourth-order valence-electron chi connectivity index (χ4n) is 3.97. The lowest BCUT2D eigenvalue weighted by molar-refractivity contribution is -0.384. The van der Waals surface area contributed by atoms with Gasteiger partial charge in [-0.15, -0.1) is 0 Å². The first-order valence-corrected chi connectivity index (χ1v) is 12.5. The summed E-state index contributed by atoms with van der Waals surface area (Å²) in [5.41, 5.74) is 2.37. The van der Waals surface area contributed by atoms with Gasteiger partial charge in [-0.3, -0.25) is 29.8 Å². The SMILES string of the molecule is CCOc1cc(/C=C2/C(=O)NC(=O)N(c3cccc([N+](=O)[O-])c3)C2=O)ccc1OCC(=O)Nc1ccc(C)c(C)c1. The highest BCUT2D eigenvalue weighted by Gasteiger charge is 2.37. The number of anilines is 2. The summed E-state index contributed by atoms with van der Waals surface area (Å²) in [5, 5.41) is 16.0. The molecule has 1 heterocycles. The number of nitro groups is 1. The number of imide groups is 2. The van der Waals surface area contributed by atoms with Crippen LogP contribution in [-0.2, 0) is 14.4 Å². The molecule has 41 heavy (non-hydrogen) atoms. The third-order valence-electron chi connectivity index (χ3n) is 6.13. The van der Waals surface area contributed by atoms with E-state index < -0.39 is 22.8 Å². The normalized spacial score (nSPS) is 14.1. The number of nitrogens with one attached hydrogen (secondary N) is 2. The summed E-state index contributed by atoms with van der Waals surface area (Å²) in [6, 6.07) is 14.0. The number of hydrogen-bond donors (Lipinski definition) is 2. The monoisotopic (exact) mass is 558 g/mol. The minimum atomic E-state index is -1.03. The molecule has 1 saturated heterocycles. The Hall–Kier alpha value is -5.52. The first kappa shape index (κ1) is 28.5. The molecule has 2 N–H and O–H groups in total. The molecule has 1 aliphatic heterocycles. The summed E-state index contributed by atoms with van der Waals surface area (Å²) in [5.74, 6) is -1.74. The van der Waals surface area contributed by atoms with Gasteiger partial charge in [0.05, 0.1) is 17.2 Å². The summed E-state index contributed by atoms with van der Waals surface area (Å²) < 4.78 is 11.3. The number of urea groups is 1. The number of carbonyl (C=O) groups excluding carboxylic acids is 4. The van der Waals surface area contributed by atoms with E-state index in [9.17, 15) is 29.3 Å². The van der Waals surface area contributed by atoms with Crippen LogP contribution < -0.4 is 25.0 Å². The van der Waals surface area contributed by atoms with Gasteiger partial charge in [0, 0.05) is 17.8 Å². The lowest BCUT2D eigenvalue weighted by Gasteiger charge is -2.26. The third-order valence-corrected chi connectivity index (χ3v) is 6.13. The number of non-ortho nitro benzene ring substituents is 1. The second-order valence-corrected chi connectivity index (χ2v) is 9.01. The third kappa shape index (κ3) is 6.56. The molecule has 3 aromatic rings. The molecule has 0 atom stereocenters. The van der Waals surface area contributed by atoms with E-state index in [-0.39, 0.29) is 47.6 Å². The Balaban J connectivity index is 1.54. The van der Waals surface area contributed by atoms with Gasteiger partial charge >= 0.3 is 6.03 Å². The fourth-order valence-corrected chi connectivity index (χ4v) is 3.97. The first-order chi connectivity index (χ1) is 19.6. The number of ether oxygens (including phenoxy) is 2. The van der Waals surface area contributed by atoms with E-state index in [1.165, 1.54) is 36.4 Å². The molecule has 4 rings (SSSR count). The number of hydrogen-bond acceptors (Lipinski definition) is 8. The van der Waals surface area contributed by atoms with Gasteiger partial charge in [0.15, 0.2) is 18.1 Å². The van der Waals surface area contributed by atoms with E-state index in [4.69, 9.17) is 9.47 Å². The summed E-state index contributed by atoms with van der Waals surface area (Å²) >= 11 is 0. The second-order valence-electron chi connectivity index (χ2n) is 9.01. The van der Waals surface area contributed by atoms with Crippen LogP contribution >= 0.6 is 0 Å². The highest BCUT2D eigenvalue weighted by molar-refractivity contribution is 6.39. The number of nitro benzene ring substituents is 1. The van der Waals surface area contributed by atoms with Crippen LogP contribution in [0, 0.1) is 24.0 Å². The molecule has 210 valence electrons. The summed E-state index contributed by atoms with van der Waals surface area (Å²) in [6.45, 7) is 5.64. The van der Waals surface area contributed by atoms with Crippen molar-refractivity contribution in [1.82, 2.24) is 5.32 Å². The van der Waals surface area contributed by atoms with Crippen molar-refractivity contribution < 1.29 is 33.6 Å². The van der Waals surface area contributed by atoms with Crippen LogP contribution in [0.5, 0.6) is 11.5 Å². The molecule has 12 nitrogen and oxygen atoms in total. The molecule has 1 aliphatic rings. The molecule has 0 saturated carbocycles. The zero-order valence-electron chi connectivity index (χ0n) is 22.4. The van der Waals surface area contributed by atoms with Crippen molar-refractivity contribution >= 4 is 46.9 Å². The molecule has 0 unspecified atom stereocenters. The maximum Gasteiger partial charge on any atom is 0.335 e. The molecule has 5 amide bonds. The zero-order valence-corrected chi connectivity index (χ0v) is 22.4. The summed E-state index contributed by atoms with van der Waals surface area (Å²) in [6.07, 6.45) is 1.26. The first-order valence-electron chi connectivity index (χ1n) is 12.5. The van der Waals surface area contributed by atoms with Gasteiger partial charge in [-0.25, -0.2) is 9.69 Å². The molecule has 3 aromatic carbocycles. The van der Waals surface area contributed by atoms with Crippen molar-refractivity contribution in [1.29, 1.82) is 0 Å². The Bertz CT molecular complexity index is 1600. The van der Waals surface area contributed by atoms with Gasteiger partial charge in [-0.2, -0.15) is 0 Å². The van der Waals surface area contributed by atoms with Gasteiger partial charge < -0.3 is 14.8 Å². The highest BCUT2D eigenvalue weighted by Crippen LogP contribution is 2.31. The van der Waals surface area contributed by atoms with E-state index in [0.717, 1.165) is 17.2 Å². The number of nitrogens with zero attached hydrogens (tertiary/aromatic N) is 2. The Kier molecular flexibility index (Phi) is 8.42. The second kappa shape index (κ2) is 12.1. The van der Waals surface area contributed by atoms with Crippen LogP contribution in [0.4, 0.5) is 21.9 Å². The van der Waals surface area contributed by atoms with Crippen molar-refractivity contribution in [3.05, 3.63) is 93.0 Å². The van der Waals surface area contributed by atoms with Gasteiger partial charge in [0.2, 0.25) is 0 Å². The topological polar surface area (TPSA) is 157 Å². The Morgan fingerprint density at radius 3 is 2.49 bits per heavy atom. The predicted octanol–water partition coefficient (Wildman–Crippen LogP) is 4.29. The lowest BCUT2D eigenvalue weighted by atomic mass is 10.1. The number of aryl methyl sites for hydroxylation is 2. The van der Waals surface area contributed by atoms with Crippen LogP contribution in [0.3, 0.4) is 0 Å². The minimum Gasteiger partial charge on any atom is -0.490 e. The average molecular weight is 559 g/mol. The molecule has 0 aliphatic carbocycles. The molecular weight excluding hydrogens is 532 g/mol. The molecule has 0 spiro atoms. The fraction of sp³-hybridized carbons (Fsp3) is 0.172. The number of amides is 5. The van der Waals surface area contributed by atoms with E-state index in [1.807, 2.05) is 26.0 Å². The van der Waals surface area contributed by atoms with Gasteiger partial charge in [-0.1, -0.05) is 18.2 Å². The van der Waals surface area contributed by atoms with Gasteiger partial charge in [0.25, 0.3) is 23.4 Å². The zero-order chi connectivity index (χ0) is 29.7. The van der Waals surface area contributed by atoms with Crippen molar-refractivity contribution in [2.45, 2.75) is 20.8 Å². The summed E-state index contributed by atoms with van der Waals surface area (Å²) in [4.78, 5) is 61.8. The highest BCUT2D eigenvalue weighted by atomic mass is 16.6. The van der Waals surface area contributed by atoms with Crippen LogP contribution in [0.25, 0.3) is 6.08 Å². The summed E-state index contributed by atoms with van der Waals surface area (Å²) in [7, 11) is 0. The van der Waals surface area contributed by atoms with E-state index in [0.29, 0.717) is 16.2 Å². The largest absolute Gasteiger partial charge is 0.490 e. The van der Waals surface area contributed by atoms with Crippen LogP contribution in [0.1, 0.15) is 23.6 Å². The van der Waals surface area contributed by atoms with Crippen molar-refractivity contribution in [2.24, 2.45) is 0 Å².